The summed E-state index contributed by atoms with van der Waals surface area (Å²) < 4.78 is 0. The molecule has 1 heteroatoms. The van der Waals surface area contributed by atoms with Crippen LogP contribution in [0.1, 0.15) is 57.7 Å². The van der Waals surface area contributed by atoms with Crippen molar-refractivity contribution in [3.8, 4) is 5.75 Å². The first-order valence-electron chi connectivity index (χ1n) is 6.58. The highest BCUT2D eigenvalue weighted by Gasteiger charge is 2.17. The van der Waals surface area contributed by atoms with Gasteiger partial charge in [0.15, 0.2) is 0 Å². The topological polar surface area (TPSA) is 20.2 Å². The summed E-state index contributed by atoms with van der Waals surface area (Å²) in [6, 6.07) is 4.28. The van der Waals surface area contributed by atoms with Crippen LogP contribution in [-0.2, 0) is 11.8 Å². The Morgan fingerprint density at radius 1 is 1.24 bits per heavy atom. The average Bonchev–Trinajstić information content (AvgIpc) is 2.22. The van der Waals surface area contributed by atoms with E-state index in [4.69, 9.17) is 0 Å². The molecular formula is C16H26O. The molecule has 96 valence electrons. The van der Waals surface area contributed by atoms with Crippen LogP contribution in [0, 0.1) is 12.8 Å². The molecule has 0 aliphatic carbocycles. The van der Waals surface area contributed by atoms with E-state index >= 15 is 0 Å². The van der Waals surface area contributed by atoms with E-state index < -0.39 is 0 Å². The van der Waals surface area contributed by atoms with E-state index in [1.807, 2.05) is 6.92 Å². The quantitative estimate of drug-likeness (QED) is 0.811. The van der Waals surface area contributed by atoms with Gasteiger partial charge in [0.2, 0.25) is 0 Å². The lowest BCUT2D eigenvalue weighted by atomic mass is 9.83. The summed E-state index contributed by atoms with van der Waals surface area (Å²) >= 11 is 0. The van der Waals surface area contributed by atoms with Gasteiger partial charge in [0.1, 0.15) is 5.75 Å². The van der Waals surface area contributed by atoms with Crippen LogP contribution in [0.5, 0.6) is 5.75 Å². The second-order valence-corrected chi connectivity index (χ2v) is 6.27. The predicted octanol–water partition coefficient (Wildman–Crippen LogP) is 4.59. The molecule has 1 atom stereocenters. The number of aryl methyl sites for hydroxylation is 1. The number of aromatic hydroxyl groups is 1. The smallest absolute Gasteiger partial charge is 0.121 e. The first-order chi connectivity index (χ1) is 7.75. The van der Waals surface area contributed by atoms with Crippen molar-refractivity contribution in [2.45, 2.75) is 59.8 Å². The van der Waals surface area contributed by atoms with Crippen LogP contribution in [0.2, 0.25) is 0 Å². The molecule has 1 N–H and O–H groups in total. The summed E-state index contributed by atoms with van der Waals surface area (Å²) in [7, 11) is 0. The average molecular weight is 234 g/mol. The Bertz CT molecular complexity index is 385. The zero-order valence-electron chi connectivity index (χ0n) is 12.1. The van der Waals surface area contributed by atoms with E-state index in [1.54, 1.807) is 0 Å². The monoisotopic (exact) mass is 234 g/mol. The van der Waals surface area contributed by atoms with Crippen molar-refractivity contribution in [2.24, 2.45) is 5.92 Å². The molecule has 0 aliphatic rings. The molecule has 0 fully saturated rings. The van der Waals surface area contributed by atoms with Gasteiger partial charge in [-0.25, -0.2) is 0 Å². The van der Waals surface area contributed by atoms with Gasteiger partial charge in [-0.2, -0.15) is 0 Å². The van der Waals surface area contributed by atoms with Gasteiger partial charge in [-0.05, 0) is 41.4 Å². The van der Waals surface area contributed by atoms with Gasteiger partial charge >= 0.3 is 0 Å². The molecule has 1 rings (SSSR count). The standard InChI is InChI=1S/C16H26O/c1-7-11(2)8-13-10-14(16(4,5)6)9-12(3)15(13)17/h9-11,17H,7-8H2,1-6H3. The zero-order chi connectivity index (χ0) is 13.2. The van der Waals surface area contributed by atoms with E-state index in [0.29, 0.717) is 11.7 Å². The Morgan fingerprint density at radius 3 is 2.29 bits per heavy atom. The lowest BCUT2D eigenvalue weighted by Gasteiger charge is -2.22. The van der Waals surface area contributed by atoms with E-state index in [1.165, 1.54) is 5.56 Å². The molecule has 1 unspecified atom stereocenters. The fourth-order valence-corrected chi connectivity index (χ4v) is 1.96. The summed E-state index contributed by atoms with van der Waals surface area (Å²) in [5, 5.41) is 10.1. The van der Waals surface area contributed by atoms with Gasteiger partial charge < -0.3 is 5.11 Å². The maximum absolute atomic E-state index is 10.1. The van der Waals surface area contributed by atoms with Crippen molar-refractivity contribution in [3.05, 3.63) is 28.8 Å². The summed E-state index contributed by atoms with van der Waals surface area (Å²) in [5.74, 6) is 1.11. The second kappa shape index (κ2) is 5.12. The summed E-state index contributed by atoms with van der Waals surface area (Å²) in [4.78, 5) is 0. The molecule has 0 saturated heterocycles. The second-order valence-electron chi connectivity index (χ2n) is 6.27. The van der Waals surface area contributed by atoms with Crippen molar-refractivity contribution < 1.29 is 5.11 Å². The Balaban J connectivity index is 3.16. The van der Waals surface area contributed by atoms with Crippen molar-refractivity contribution >= 4 is 0 Å². The van der Waals surface area contributed by atoms with E-state index in [0.717, 1.165) is 24.0 Å². The van der Waals surface area contributed by atoms with Crippen molar-refractivity contribution in [1.29, 1.82) is 0 Å². The van der Waals surface area contributed by atoms with Crippen LogP contribution in [-0.4, -0.2) is 5.11 Å². The van der Waals surface area contributed by atoms with Crippen LogP contribution in [0.15, 0.2) is 12.1 Å². The van der Waals surface area contributed by atoms with Crippen LogP contribution >= 0.6 is 0 Å². The molecule has 0 heterocycles. The van der Waals surface area contributed by atoms with Crippen molar-refractivity contribution in [1.82, 2.24) is 0 Å². The molecule has 0 radical (unpaired) electrons. The Morgan fingerprint density at radius 2 is 1.82 bits per heavy atom. The van der Waals surface area contributed by atoms with Gasteiger partial charge in [0.05, 0.1) is 0 Å². The van der Waals surface area contributed by atoms with Crippen LogP contribution < -0.4 is 0 Å². The Hall–Kier alpha value is -0.980. The van der Waals surface area contributed by atoms with Gasteiger partial charge in [-0.15, -0.1) is 0 Å². The number of rotatable bonds is 3. The first-order valence-corrected chi connectivity index (χ1v) is 6.58. The highest BCUT2D eigenvalue weighted by Crippen LogP contribution is 2.32. The highest BCUT2D eigenvalue weighted by atomic mass is 16.3. The predicted molar refractivity (Wildman–Crippen MR) is 74.7 cm³/mol. The number of hydrogen-bond donors (Lipinski definition) is 1. The maximum atomic E-state index is 10.1. The third-order valence-corrected chi connectivity index (χ3v) is 3.51. The summed E-state index contributed by atoms with van der Waals surface area (Å²) in [6.07, 6.45) is 2.12. The number of phenolic OH excluding ortho intramolecular Hbond substituents is 1. The minimum atomic E-state index is 0.142. The molecule has 0 saturated carbocycles. The molecule has 0 aromatic heterocycles. The number of phenols is 1. The highest BCUT2D eigenvalue weighted by molar-refractivity contribution is 5.45. The van der Waals surface area contributed by atoms with Gasteiger partial charge in [-0.1, -0.05) is 53.2 Å². The first kappa shape index (κ1) is 14.1. The SMILES string of the molecule is CCC(C)Cc1cc(C(C)(C)C)cc(C)c1O. The summed E-state index contributed by atoms with van der Waals surface area (Å²) in [6.45, 7) is 13.1. The molecule has 17 heavy (non-hydrogen) atoms. The molecule has 0 aliphatic heterocycles. The Labute approximate surface area is 106 Å². The van der Waals surface area contributed by atoms with E-state index in [-0.39, 0.29) is 5.41 Å². The molecule has 0 spiro atoms. The molecule has 1 nitrogen and oxygen atoms in total. The fraction of sp³-hybridized carbons (Fsp3) is 0.625. The largest absolute Gasteiger partial charge is 0.507 e. The van der Waals surface area contributed by atoms with Crippen molar-refractivity contribution in [2.75, 3.05) is 0 Å². The number of hydrogen-bond acceptors (Lipinski definition) is 1. The fourth-order valence-electron chi connectivity index (χ4n) is 1.96. The third-order valence-electron chi connectivity index (χ3n) is 3.51. The van der Waals surface area contributed by atoms with E-state index in [9.17, 15) is 5.11 Å². The molecule has 1 aromatic carbocycles. The van der Waals surface area contributed by atoms with Crippen LogP contribution in [0.25, 0.3) is 0 Å². The van der Waals surface area contributed by atoms with Crippen LogP contribution in [0.3, 0.4) is 0 Å². The van der Waals surface area contributed by atoms with Crippen LogP contribution in [0.4, 0.5) is 0 Å². The lowest BCUT2D eigenvalue weighted by Crippen LogP contribution is -2.12. The van der Waals surface area contributed by atoms with Gasteiger partial charge in [-0.3, -0.25) is 0 Å². The normalized spacial score (nSPS) is 13.8. The van der Waals surface area contributed by atoms with Crippen molar-refractivity contribution in [3.63, 3.8) is 0 Å². The number of benzene rings is 1. The zero-order valence-corrected chi connectivity index (χ0v) is 12.1. The molecular weight excluding hydrogens is 208 g/mol. The van der Waals surface area contributed by atoms with Gasteiger partial charge in [0.25, 0.3) is 0 Å². The lowest BCUT2D eigenvalue weighted by molar-refractivity contribution is 0.451. The molecule has 0 amide bonds. The minimum absolute atomic E-state index is 0.142. The molecule has 0 bridgehead atoms. The maximum Gasteiger partial charge on any atom is 0.121 e. The van der Waals surface area contributed by atoms with E-state index in [2.05, 4.69) is 46.8 Å². The van der Waals surface area contributed by atoms with Gasteiger partial charge in [0, 0.05) is 0 Å². The molecule has 1 aromatic rings. The Kier molecular flexibility index (Phi) is 4.24. The minimum Gasteiger partial charge on any atom is -0.507 e. The summed E-state index contributed by atoms with van der Waals surface area (Å²) in [5.41, 5.74) is 3.55. The third kappa shape index (κ3) is 3.49.